The number of carbonyl (C=O) groups excluding carboxylic acids is 1. The fourth-order valence-electron chi connectivity index (χ4n) is 3.84. The maximum absolute atomic E-state index is 13.6. The van der Waals surface area contributed by atoms with E-state index in [0.717, 1.165) is 41.5 Å². The minimum atomic E-state index is -0.284. The molecule has 2 heterocycles. The maximum Gasteiger partial charge on any atom is 0.323 e. The van der Waals surface area contributed by atoms with E-state index in [-0.39, 0.29) is 35.9 Å². The molecule has 1 fully saturated rings. The standard InChI is InChI=1S/C21H23FN4O2.ClH/c22-16-5-2-4-15(12-16)19-13-23-9-10-26(19)20(27)6-1-3-14-7-8-17-18(11-14)25-21(28)24-17;/h2,4-5,7-8,11-12,19,23H,1,3,6,9-10,13H2,(H2,24,25,28);1H. The van der Waals surface area contributed by atoms with Crippen molar-refractivity contribution >= 4 is 29.3 Å². The van der Waals surface area contributed by atoms with E-state index in [1.807, 2.05) is 29.2 Å². The molecule has 1 atom stereocenters. The van der Waals surface area contributed by atoms with E-state index in [9.17, 15) is 14.0 Å². The Morgan fingerprint density at radius 1 is 1.14 bits per heavy atom. The number of amides is 1. The van der Waals surface area contributed by atoms with Crippen molar-refractivity contribution in [3.05, 3.63) is 69.9 Å². The molecule has 4 rings (SSSR count). The highest BCUT2D eigenvalue weighted by atomic mass is 35.5. The van der Waals surface area contributed by atoms with Crippen molar-refractivity contribution in [2.75, 3.05) is 19.6 Å². The molecule has 3 aromatic rings. The van der Waals surface area contributed by atoms with Gasteiger partial charge in [-0.2, -0.15) is 0 Å². The van der Waals surface area contributed by atoms with E-state index in [1.54, 1.807) is 6.07 Å². The number of hydrogen-bond acceptors (Lipinski definition) is 3. The third-order valence-electron chi connectivity index (χ3n) is 5.23. The Hall–Kier alpha value is -2.64. The summed E-state index contributed by atoms with van der Waals surface area (Å²) < 4.78 is 13.6. The molecule has 1 aliphatic rings. The zero-order valence-corrected chi connectivity index (χ0v) is 16.7. The number of aryl methyl sites for hydroxylation is 1. The highest BCUT2D eigenvalue weighted by molar-refractivity contribution is 5.85. The lowest BCUT2D eigenvalue weighted by Crippen LogP contribution is -2.48. The lowest BCUT2D eigenvalue weighted by atomic mass is 10.0. The van der Waals surface area contributed by atoms with Crippen LogP contribution in [0.4, 0.5) is 4.39 Å². The van der Waals surface area contributed by atoms with Crippen molar-refractivity contribution < 1.29 is 9.18 Å². The summed E-state index contributed by atoms with van der Waals surface area (Å²) in [6.07, 6.45) is 1.91. The largest absolute Gasteiger partial charge is 0.333 e. The SMILES string of the molecule is Cl.O=C(CCCc1ccc2[nH]c(=O)[nH]c2c1)N1CCNCC1c1cccc(F)c1. The Kier molecular flexibility index (Phi) is 6.71. The Bertz CT molecular complexity index is 1050. The van der Waals surface area contributed by atoms with Crippen LogP contribution in [-0.4, -0.2) is 40.4 Å². The van der Waals surface area contributed by atoms with E-state index in [0.29, 0.717) is 19.5 Å². The molecule has 3 N–H and O–H groups in total. The van der Waals surface area contributed by atoms with Gasteiger partial charge in [-0.1, -0.05) is 18.2 Å². The van der Waals surface area contributed by atoms with Gasteiger partial charge in [-0.05, 0) is 48.2 Å². The summed E-state index contributed by atoms with van der Waals surface area (Å²) >= 11 is 0. The molecule has 1 saturated heterocycles. The third kappa shape index (κ3) is 4.86. The van der Waals surface area contributed by atoms with Crippen LogP contribution in [0, 0.1) is 5.82 Å². The summed E-state index contributed by atoms with van der Waals surface area (Å²) in [5, 5.41) is 3.29. The van der Waals surface area contributed by atoms with Crippen LogP contribution >= 0.6 is 12.4 Å². The lowest BCUT2D eigenvalue weighted by Gasteiger charge is -2.36. The van der Waals surface area contributed by atoms with E-state index < -0.39 is 0 Å². The van der Waals surface area contributed by atoms with Crippen LogP contribution in [0.1, 0.15) is 30.0 Å². The molecule has 8 heteroatoms. The number of rotatable bonds is 5. The summed E-state index contributed by atoms with van der Waals surface area (Å²) in [6.45, 7) is 2.00. The second kappa shape index (κ2) is 9.24. The van der Waals surface area contributed by atoms with Gasteiger partial charge in [0.1, 0.15) is 5.82 Å². The van der Waals surface area contributed by atoms with Crippen molar-refractivity contribution in [3.8, 4) is 0 Å². The molecule has 1 amide bonds. The van der Waals surface area contributed by atoms with E-state index in [2.05, 4.69) is 15.3 Å². The average molecular weight is 419 g/mol. The van der Waals surface area contributed by atoms with E-state index >= 15 is 0 Å². The summed E-state index contributed by atoms with van der Waals surface area (Å²) in [5.41, 5.74) is 3.25. The fraction of sp³-hybridized carbons (Fsp3) is 0.333. The molecule has 0 radical (unpaired) electrons. The number of H-pyrrole nitrogens is 2. The van der Waals surface area contributed by atoms with Gasteiger partial charge in [-0.25, -0.2) is 9.18 Å². The van der Waals surface area contributed by atoms with Crippen LogP contribution < -0.4 is 11.0 Å². The smallest absolute Gasteiger partial charge is 0.323 e. The van der Waals surface area contributed by atoms with Gasteiger partial charge in [0.05, 0.1) is 17.1 Å². The first kappa shape index (κ1) is 21.1. The van der Waals surface area contributed by atoms with Gasteiger partial charge in [0.15, 0.2) is 0 Å². The predicted octanol–water partition coefficient (Wildman–Crippen LogP) is 2.91. The van der Waals surface area contributed by atoms with E-state index in [1.165, 1.54) is 12.1 Å². The van der Waals surface area contributed by atoms with Gasteiger partial charge in [0, 0.05) is 26.1 Å². The van der Waals surface area contributed by atoms with Gasteiger partial charge in [0.2, 0.25) is 5.91 Å². The second-order valence-electron chi connectivity index (χ2n) is 7.17. The fourth-order valence-corrected chi connectivity index (χ4v) is 3.84. The Labute approximate surface area is 173 Å². The molecule has 1 unspecified atom stereocenters. The first-order valence-corrected chi connectivity index (χ1v) is 9.57. The number of fused-ring (bicyclic) bond motifs is 1. The monoisotopic (exact) mass is 418 g/mol. The lowest BCUT2D eigenvalue weighted by molar-refractivity contribution is -0.134. The number of benzene rings is 2. The molecule has 1 aliphatic heterocycles. The minimum absolute atomic E-state index is 0. The number of aromatic amines is 2. The number of imidazole rings is 1. The molecule has 0 spiro atoms. The topological polar surface area (TPSA) is 81.0 Å². The average Bonchev–Trinajstić information content (AvgIpc) is 3.07. The number of piperazine rings is 1. The van der Waals surface area contributed by atoms with Gasteiger partial charge in [0.25, 0.3) is 0 Å². The summed E-state index contributed by atoms with van der Waals surface area (Å²) in [4.78, 5) is 31.5. The Balaban J connectivity index is 0.00000240. The summed E-state index contributed by atoms with van der Waals surface area (Å²) in [5.74, 6) is -0.194. The molecule has 1 aromatic heterocycles. The van der Waals surface area contributed by atoms with Crippen LogP contribution in [0.5, 0.6) is 0 Å². The third-order valence-corrected chi connectivity index (χ3v) is 5.23. The van der Waals surface area contributed by atoms with Crippen molar-refractivity contribution in [1.82, 2.24) is 20.2 Å². The van der Waals surface area contributed by atoms with Crippen LogP contribution in [0.15, 0.2) is 47.3 Å². The first-order chi connectivity index (χ1) is 13.6. The molecule has 6 nitrogen and oxygen atoms in total. The first-order valence-electron chi connectivity index (χ1n) is 9.57. The quantitative estimate of drug-likeness (QED) is 0.596. The van der Waals surface area contributed by atoms with Crippen LogP contribution in [0.3, 0.4) is 0 Å². The number of carbonyl (C=O) groups is 1. The zero-order chi connectivity index (χ0) is 19.5. The second-order valence-corrected chi connectivity index (χ2v) is 7.17. The van der Waals surface area contributed by atoms with Crippen LogP contribution in [0.25, 0.3) is 11.0 Å². The van der Waals surface area contributed by atoms with Crippen molar-refractivity contribution in [1.29, 1.82) is 0 Å². The Morgan fingerprint density at radius 2 is 1.97 bits per heavy atom. The molecular formula is C21H24ClFN4O2. The van der Waals surface area contributed by atoms with Gasteiger partial charge >= 0.3 is 5.69 Å². The minimum Gasteiger partial charge on any atom is -0.333 e. The zero-order valence-electron chi connectivity index (χ0n) is 15.9. The number of hydrogen-bond donors (Lipinski definition) is 3. The maximum atomic E-state index is 13.6. The van der Waals surface area contributed by atoms with E-state index in [4.69, 9.17) is 0 Å². The number of nitrogens with zero attached hydrogens (tertiary/aromatic N) is 1. The van der Waals surface area contributed by atoms with Crippen molar-refractivity contribution in [2.24, 2.45) is 0 Å². The number of nitrogens with one attached hydrogen (secondary N) is 3. The summed E-state index contributed by atoms with van der Waals surface area (Å²) in [6, 6.07) is 12.1. The highest BCUT2D eigenvalue weighted by Gasteiger charge is 2.27. The molecule has 0 saturated carbocycles. The molecule has 0 bridgehead atoms. The van der Waals surface area contributed by atoms with Crippen molar-refractivity contribution in [2.45, 2.75) is 25.3 Å². The molecule has 154 valence electrons. The van der Waals surface area contributed by atoms with Gasteiger partial charge < -0.3 is 20.2 Å². The van der Waals surface area contributed by atoms with Gasteiger partial charge in [-0.15, -0.1) is 12.4 Å². The summed E-state index contributed by atoms with van der Waals surface area (Å²) in [7, 11) is 0. The van der Waals surface area contributed by atoms with Crippen LogP contribution in [-0.2, 0) is 11.2 Å². The normalized spacial score (nSPS) is 16.6. The van der Waals surface area contributed by atoms with Crippen molar-refractivity contribution in [3.63, 3.8) is 0 Å². The number of aromatic nitrogens is 2. The molecule has 0 aliphatic carbocycles. The van der Waals surface area contributed by atoms with Gasteiger partial charge in [-0.3, -0.25) is 4.79 Å². The highest BCUT2D eigenvalue weighted by Crippen LogP contribution is 2.24. The molecule has 2 aromatic carbocycles. The van der Waals surface area contributed by atoms with Crippen LogP contribution in [0.2, 0.25) is 0 Å². The predicted molar refractivity (Wildman–Crippen MR) is 113 cm³/mol. The molecular weight excluding hydrogens is 395 g/mol. The molecule has 29 heavy (non-hydrogen) atoms. The Morgan fingerprint density at radius 3 is 2.79 bits per heavy atom. The number of halogens is 2.